The number of rotatable bonds is 5. The van der Waals surface area contributed by atoms with Gasteiger partial charge >= 0.3 is 33.4 Å². The quantitative estimate of drug-likeness (QED) is 0.500. The van der Waals surface area contributed by atoms with Crippen molar-refractivity contribution >= 4 is 21.0 Å². The Bertz CT molecular complexity index is 1000. The van der Waals surface area contributed by atoms with Crippen LogP contribution < -0.4 is 4.18 Å². The van der Waals surface area contributed by atoms with Crippen molar-refractivity contribution in [3.05, 3.63) is 36.0 Å². The molecule has 0 aliphatic carbocycles. The number of fused-ring (bicyclic) bond motifs is 1. The molecule has 0 saturated heterocycles. The van der Waals surface area contributed by atoms with E-state index in [1.807, 2.05) is 0 Å². The molecule has 0 fully saturated rings. The van der Waals surface area contributed by atoms with Gasteiger partial charge in [0.05, 0.1) is 0 Å². The number of para-hydroxylation sites is 1. The van der Waals surface area contributed by atoms with Crippen molar-refractivity contribution in [3.8, 4) is 5.75 Å². The van der Waals surface area contributed by atoms with Crippen LogP contribution in [0.4, 0.5) is 39.5 Å². The number of benzene rings is 1. The van der Waals surface area contributed by atoms with Crippen LogP contribution in [0.2, 0.25) is 0 Å². The van der Waals surface area contributed by atoms with Gasteiger partial charge in [-0.1, -0.05) is 12.1 Å². The Labute approximate surface area is 151 Å². The van der Waals surface area contributed by atoms with E-state index in [9.17, 15) is 47.9 Å². The van der Waals surface area contributed by atoms with Gasteiger partial charge in [-0.05, 0) is 24.6 Å². The zero-order chi connectivity index (χ0) is 21.8. The predicted octanol–water partition coefficient (Wildman–Crippen LogP) is 4.68. The highest BCUT2D eigenvalue weighted by Gasteiger charge is 2.86. The van der Waals surface area contributed by atoms with Crippen LogP contribution in [-0.2, 0) is 10.1 Å². The Kier molecular flexibility index (Phi) is 5.03. The van der Waals surface area contributed by atoms with Gasteiger partial charge in [-0.2, -0.15) is 47.9 Å². The molecule has 1 heterocycles. The van der Waals surface area contributed by atoms with Crippen molar-refractivity contribution < 1.29 is 52.1 Å². The van der Waals surface area contributed by atoms with Crippen LogP contribution in [0.15, 0.2) is 30.5 Å². The average Bonchev–Trinajstić information content (AvgIpc) is 2.54. The number of pyridine rings is 1. The maximum Gasteiger partial charge on any atom is 0.460 e. The molecule has 2 aromatic rings. The van der Waals surface area contributed by atoms with Gasteiger partial charge in [-0.3, -0.25) is 4.98 Å². The molecule has 0 saturated carbocycles. The molecule has 0 atom stereocenters. The van der Waals surface area contributed by atoms with Crippen LogP contribution in [0.25, 0.3) is 10.9 Å². The molecule has 1 aromatic heterocycles. The van der Waals surface area contributed by atoms with E-state index in [0.29, 0.717) is 11.6 Å². The number of hydrogen-bond acceptors (Lipinski definition) is 4. The molecule has 0 unspecified atom stereocenters. The Morgan fingerprint density at radius 3 is 2.00 bits per heavy atom. The molecule has 28 heavy (non-hydrogen) atoms. The van der Waals surface area contributed by atoms with Gasteiger partial charge in [0.1, 0.15) is 5.52 Å². The lowest BCUT2D eigenvalue weighted by atomic mass is 10.1. The van der Waals surface area contributed by atoms with E-state index in [1.165, 1.54) is 19.1 Å². The van der Waals surface area contributed by atoms with E-state index in [2.05, 4.69) is 9.17 Å². The zero-order valence-electron chi connectivity index (χ0n) is 13.4. The lowest BCUT2D eigenvalue weighted by Gasteiger charge is -2.32. The SMILES string of the molecule is Cc1ccnc2c(OS(=O)(=O)C(F)(F)C(F)(F)C(F)(F)C(F)(F)F)cccc12. The first kappa shape index (κ1) is 22.0. The topological polar surface area (TPSA) is 56.3 Å². The van der Waals surface area contributed by atoms with E-state index in [-0.39, 0.29) is 5.39 Å². The number of aromatic nitrogens is 1. The summed E-state index contributed by atoms with van der Waals surface area (Å²) in [4.78, 5) is 3.61. The summed E-state index contributed by atoms with van der Waals surface area (Å²) in [6.45, 7) is 1.48. The first-order valence-electron chi connectivity index (χ1n) is 6.96. The summed E-state index contributed by atoms with van der Waals surface area (Å²) < 4.78 is 143. The molecular formula is C14H8F9NO3S. The highest BCUT2D eigenvalue weighted by atomic mass is 32.2. The highest BCUT2D eigenvalue weighted by Crippen LogP contribution is 2.55. The number of aryl methyl sites for hydroxylation is 1. The largest absolute Gasteiger partial charge is 0.460 e. The monoisotopic (exact) mass is 441 g/mol. The third-order valence-electron chi connectivity index (χ3n) is 3.58. The molecule has 4 nitrogen and oxygen atoms in total. The summed E-state index contributed by atoms with van der Waals surface area (Å²) in [5, 5.41) is -6.81. The van der Waals surface area contributed by atoms with Crippen LogP contribution in [-0.4, -0.2) is 36.7 Å². The maximum atomic E-state index is 13.7. The zero-order valence-corrected chi connectivity index (χ0v) is 14.2. The number of alkyl halides is 9. The molecule has 0 aliphatic rings. The molecule has 1 aromatic carbocycles. The van der Waals surface area contributed by atoms with Gasteiger partial charge in [0.25, 0.3) is 0 Å². The molecule has 2 rings (SSSR count). The van der Waals surface area contributed by atoms with E-state index in [4.69, 9.17) is 0 Å². The second kappa shape index (κ2) is 6.39. The van der Waals surface area contributed by atoms with E-state index < -0.39 is 44.7 Å². The molecular weight excluding hydrogens is 433 g/mol. The van der Waals surface area contributed by atoms with E-state index in [0.717, 1.165) is 12.3 Å². The lowest BCUT2D eigenvalue weighted by Crippen LogP contribution is -2.63. The fourth-order valence-electron chi connectivity index (χ4n) is 2.04. The maximum absolute atomic E-state index is 13.7. The molecule has 0 spiro atoms. The summed E-state index contributed by atoms with van der Waals surface area (Å²) in [5.41, 5.74) is 0.00122. The van der Waals surface area contributed by atoms with Crippen LogP contribution in [0.3, 0.4) is 0 Å². The second-order valence-electron chi connectivity index (χ2n) is 5.48. The molecule has 0 N–H and O–H groups in total. The summed E-state index contributed by atoms with van der Waals surface area (Å²) in [6, 6.07) is 4.46. The molecule has 0 radical (unpaired) electrons. The average molecular weight is 441 g/mol. The van der Waals surface area contributed by atoms with Crippen LogP contribution >= 0.6 is 0 Å². The molecule has 0 amide bonds. The Balaban J connectivity index is 2.57. The van der Waals surface area contributed by atoms with Crippen molar-refractivity contribution in [2.75, 3.05) is 0 Å². The minimum Gasteiger partial charge on any atom is -0.376 e. The first-order chi connectivity index (χ1) is 12.5. The van der Waals surface area contributed by atoms with Gasteiger partial charge in [0, 0.05) is 11.6 Å². The second-order valence-corrected chi connectivity index (χ2v) is 7.07. The Hall–Kier alpha value is -2.25. The van der Waals surface area contributed by atoms with Gasteiger partial charge in [-0.25, -0.2) is 0 Å². The van der Waals surface area contributed by atoms with Gasteiger partial charge in [0.15, 0.2) is 5.75 Å². The summed E-state index contributed by atoms with van der Waals surface area (Å²) in [6.07, 6.45) is -6.09. The standard InChI is InChI=1S/C14H8F9NO3S/c1-7-5-6-24-10-8(7)3-2-4-9(10)27-28(25,26)14(22,23)12(17,18)11(15,16)13(19,20)21/h2-6H,1H3. The first-order valence-corrected chi connectivity index (χ1v) is 8.37. The normalized spacial score (nSPS) is 14.4. The van der Waals surface area contributed by atoms with Crippen LogP contribution in [0.5, 0.6) is 5.75 Å². The third-order valence-corrected chi connectivity index (χ3v) is 4.86. The number of nitrogens with zero attached hydrogens (tertiary/aromatic N) is 1. The summed E-state index contributed by atoms with van der Waals surface area (Å²) >= 11 is 0. The van der Waals surface area contributed by atoms with Crippen LogP contribution in [0, 0.1) is 6.92 Å². The van der Waals surface area contributed by atoms with Crippen molar-refractivity contribution in [2.24, 2.45) is 0 Å². The van der Waals surface area contributed by atoms with Gasteiger partial charge < -0.3 is 4.18 Å². The predicted molar refractivity (Wildman–Crippen MR) is 76.9 cm³/mol. The van der Waals surface area contributed by atoms with Crippen molar-refractivity contribution in [1.29, 1.82) is 0 Å². The third kappa shape index (κ3) is 3.12. The molecule has 0 bridgehead atoms. The smallest absolute Gasteiger partial charge is 0.376 e. The van der Waals surface area contributed by atoms with Crippen LogP contribution in [0.1, 0.15) is 5.56 Å². The Morgan fingerprint density at radius 1 is 0.893 bits per heavy atom. The van der Waals surface area contributed by atoms with Gasteiger partial charge in [0.2, 0.25) is 0 Å². The number of hydrogen-bond donors (Lipinski definition) is 0. The van der Waals surface area contributed by atoms with E-state index in [1.54, 1.807) is 0 Å². The fraction of sp³-hybridized carbons (Fsp3) is 0.357. The highest BCUT2D eigenvalue weighted by molar-refractivity contribution is 7.88. The molecule has 14 heteroatoms. The van der Waals surface area contributed by atoms with Crippen molar-refractivity contribution in [1.82, 2.24) is 4.98 Å². The minimum absolute atomic E-state index is 0.130. The fourth-order valence-corrected chi connectivity index (χ4v) is 2.96. The summed E-state index contributed by atoms with van der Waals surface area (Å²) in [5.74, 6) is -15.8. The number of halogens is 9. The lowest BCUT2D eigenvalue weighted by molar-refractivity contribution is -0.382. The summed E-state index contributed by atoms with van der Waals surface area (Å²) in [7, 11) is -7.02. The van der Waals surface area contributed by atoms with Gasteiger partial charge in [-0.15, -0.1) is 0 Å². The molecule has 156 valence electrons. The van der Waals surface area contributed by atoms with Crippen molar-refractivity contribution in [3.63, 3.8) is 0 Å². The Morgan fingerprint density at radius 2 is 1.46 bits per heavy atom. The molecule has 0 aliphatic heterocycles. The van der Waals surface area contributed by atoms with Crippen molar-refractivity contribution in [2.45, 2.75) is 30.2 Å². The minimum atomic E-state index is -7.37. The van der Waals surface area contributed by atoms with E-state index >= 15 is 0 Å².